The third kappa shape index (κ3) is 9.10. The molecule has 0 radical (unpaired) electrons. The Labute approximate surface area is 282 Å². The van der Waals surface area contributed by atoms with Crippen LogP contribution in [0.15, 0.2) is 30.3 Å². The second-order valence-corrected chi connectivity index (χ2v) is 15.3. The zero-order valence-corrected chi connectivity index (χ0v) is 29.6. The predicted molar refractivity (Wildman–Crippen MR) is 176 cm³/mol. The molecule has 48 heavy (non-hydrogen) atoms. The molecule has 2 fully saturated rings. The monoisotopic (exact) mass is 670 g/mol. The minimum Gasteiger partial charge on any atom is -0.444 e. The topological polar surface area (TPSA) is 183 Å². The van der Waals surface area contributed by atoms with E-state index in [0.717, 1.165) is 0 Å². The van der Waals surface area contributed by atoms with Gasteiger partial charge in [-0.15, -0.1) is 0 Å². The van der Waals surface area contributed by atoms with Gasteiger partial charge in [0.25, 0.3) is 5.91 Å². The van der Waals surface area contributed by atoms with Crippen molar-refractivity contribution in [3.05, 3.63) is 35.9 Å². The molecule has 0 unspecified atom stereocenters. The number of nitrogens with zero attached hydrogens (tertiary/aromatic N) is 2. The van der Waals surface area contributed by atoms with Crippen LogP contribution in [0.5, 0.6) is 0 Å². The second kappa shape index (κ2) is 14.3. The number of ketones is 1. The van der Waals surface area contributed by atoms with E-state index in [0.29, 0.717) is 12.1 Å². The van der Waals surface area contributed by atoms with Crippen molar-refractivity contribution in [2.75, 3.05) is 33.7 Å². The summed E-state index contributed by atoms with van der Waals surface area (Å²) in [5.74, 6) is -4.36. The fourth-order valence-corrected chi connectivity index (χ4v) is 6.07. The number of fused-ring (bicyclic) bond motifs is 1. The Bertz CT molecular complexity index is 1430. The van der Waals surface area contributed by atoms with Crippen molar-refractivity contribution in [1.82, 2.24) is 31.1 Å². The molecule has 14 heteroatoms. The highest BCUT2D eigenvalue weighted by atomic mass is 16.6. The van der Waals surface area contributed by atoms with Crippen molar-refractivity contribution < 1.29 is 38.3 Å². The van der Waals surface area contributed by atoms with Crippen LogP contribution in [0, 0.1) is 22.7 Å². The van der Waals surface area contributed by atoms with Crippen LogP contribution in [0.4, 0.5) is 4.79 Å². The van der Waals surface area contributed by atoms with E-state index in [1.165, 1.54) is 9.80 Å². The van der Waals surface area contributed by atoms with Crippen molar-refractivity contribution in [3.63, 3.8) is 0 Å². The van der Waals surface area contributed by atoms with Gasteiger partial charge in [0.05, 0.1) is 13.1 Å². The van der Waals surface area contributed by atoms with Crippen molar-refractivity contribution in [2.45, 2.75) is 79.1 Å². The normalized spacial score (nSPS) is 20.7. The summed E-state index contributed by atoms with van der Waals surface area (Å²) >= 11 is 0. The number of Topliss-reactive ketones (excluding diaryl/α,β-unsaturated/α-hetero) is 1. The maximum atomic E-state index is 13.9. The minimum atomic E-state index is -1.10. The van der Waals surface area contributed by atoms with Crippen molar-refractivity contribution in [2.24, 2.45) is 22.7 Å². The molecule has 0 aromatic heterocycles. The van der Waals surface area contributed by atoms with Crippen LogP contribution in [0.2, 0.25) is 0 Å². The summed E-state index contributed by atoms with van der Waals surface area (Å²) < 4.78 is 5.38. The van der Waals surface area contributed by atoms with Crippen LogP contribution in [-0.4, -0.2) is 103 Å². The molecule has 264 valence electrons. The molecule has 1 aromatic carbocycles. The number of likely N-dealkylation sites (N-methyl/N-ethyl adjacent to an activating group) is 1. The van der Waals surface area contributed by atoms with Gasteiger partial charge < -0.3 is 35.8 Å². The molecule has 0 bridgehead atoms. The Morgan fingerprint density at radius 2 is 1.52 bits per heavy atom. The van der Waals surface area contributed by atoms with E-state index >= 15 is 0 Å². The Balaban J connectivity index is 1.62. The number of likely N-dealkylation sites (tertiary alicyclic amines) is 1. The highest BCUT2D eigenvalue weighted by Gasteiger charge is 2.69. The molecule has 14 nitrogen and oxygen atoms in total. The molecule has 3 rings (SSSR count). The maximum Gasteiger partial charge on any atom is 0.408 e. The molecule has 4 N–H and O–H groups in total. The average molecular weight is 671 g/mol. The van der Waals surface area contributed by atoms with E-state index in [-0.39, 0.29) is 23.2 Å². The first kappa shape index (κ1) is 38.0. The molecule has 6 amide bonds. The number of piperidine rings is 1. The molecule has 1 aliphatic heterocycles. The van der Waals surface area contributed by atoms with Crippen molar-refractivity contribution in [1.29, 1.82) is 0 Å². The third-order valence-electron chi connectivity index (χ3n) is 8.75. The molecule has 0 spiro atoms. The maximum absolute atomic E-state index is 13.9. The lowest BCUT2D eigenvalue weighted by molar-refractivity contribution is -0.144. The molecule has 1 aliphatic carbocycles. The number of carbonyl (C=O) groups is 7. The lowest BCUT2D eigenvalue weighted by atomic mass is 9.85. The first-order valence-electron chi connectivity index (χ1n) is 16.0. The standard InChI is InChI=1S/C34H50N6O8/c1-32(2,3)26(38-31(47)48-33(4,5)6)30(46)40-18-20-23(34(20,7)8)25(40)28(44)35-16-21(41)27(43)36-17-22(42)37-24(29(45)39(9)10)19-14-12-11-13-15-19/h11-15,20,23-26H,16-18H2,1-10H3,(H,35,44)(H,36,43)(H,37,42)(H,38,47)/t20-,23-,24-,25-,26+/m0/s1. The highest BCUT2D eigenvalue weighted by molar-refractivity contribution is 6.37. The van der Waals surface area contributed by atoms with Crippen LogP contribution < -0.4 is 21.3 Å². The number of alkyl carbamates (subject to hydrolysis) is 1. The van der Waals surface area contributed by atoms with Gasteiger partial charge in [-0.05, 0) is 49.0 Å². The summed E-state index contributed by atoms with van der Waals surface area (Å²) in [6.07, 6.45) is -0.758. The van der Waals surface area contributed by atoms with E-state index in [4.69, 9.17) is 4.74 Å². The van der Waals surface area contributed by atoms with Gasteiger partial charge in [-0.2, -0.15) is 0 Å². The molecule has 1 saturated carbocycles. The van der Waals surface area contributed by atoms with Crippen LogP contribution in [0.25, 0.3) is 0 Å². The number of amides is 6. The number of nitrogens with one attached hydrogen (secondary N) is 4. The second-order valence-electron chi connectivity index (χ2n) is 15.3. The van der Waals surface area contributed by atoms with Crippen LogP contribution in [0.3, 0.4) is 0 Å². The van der Waals surface area contributed by atoms with Gasteiger partial charge in [0.2, 0.25) is 29.4 Å². The molecular formula is C34H50N6O8. The summed E-state index contributed by atoms with van der Waals surface area (Å²) in [4.78, 5) is 93.4. The van der Waals surface area contributed by atoms with Crippen LogP contribution in [0.1, 0.15) is 67.0 Å². The molecule has 2 aliphatic rings. The van der Waals surface area contributed by atoms with E-state index < -0.39 is 77.7 Å². The first-order chi connectivity index (χ1) is 22.1. The number of rotatable bonds is 11. The van der Waals surface area contributed by atoms with Crippen molar-refractivity contribution >= 4 is 41.4 Å². The number of benzene rings is 1. The fraction of sp³-hybridized carbons (Fsp3) is 0.618. The van der Waals surface area contributed by atoms with Gasteiger partial charge in [-0.25, -0.2) is 4.79 Å². The Hall–Kier alpha value is -4.49. The summed E-state index contributed by atoms with van der Waals surface area (Å²) in [6.45, 7) is 13.6. The molecule has 1 heterocycles. The highest BCUT2D eigenvalue weighted by Crippen LogP contribution is 2.65. The molecule has 1 aromatic rings. The van der Waals surface area contributed by atoms with Gasteiger partial charge in [0.1, 0.15) is 23.7 Å². The van der Waals surface area contributed by atoms with E-state index in [9.17, 15) is 33.6 Å². The first-order valence-corrected chi connectivity index (χ1v) is 16.0. The predicted octanol–water partition coefficient (Wildman–Crippen LogP) is 1.16. The van der Waals surface area contributed by atoms with Crippen LogP contribution >= 0.6 is 0 Å². The smallest absolute Gasteiger partial charge is 0.408 e. The SMILES string of the molecule is CN(C)C(=O)[C@@H](NC(=O)CNC(=O)C(=O)CNC(=O)[C@@H]1[C@@H]2[C@H](CN1C(=O)[C@@H](NC(=O)OC(C)(C)C)C(C)(C)C)C2(C)C)c1ccccc1. The van der Waals surface area contributed by atoms with Crippen molar-refractivity contribution in [3.8, 4) is 0 Å². The average Bonchev–Trinajstić information content (AvgIpc) is 3.29. The zero-order chi connectivity index (χ0) is 36.4. The van der Waals surface area contributed by atoms with Gasteiger partial charge in [0.15, 0.2) is 0 Å². The zero-order valence-electron chi connectivity index (χ0n) is 29.6. The van der Waals surface area contributed by atoms with Crippen LogP contribution in [-0.2, 0) is 33.5 Å². The van der Waals surface area contributed by atoms with E-state index in [2.05, 4.69) is 21.3 Å². The lowest BCUT2D eigenvalue weighted by Gasteiger charge is -2.37. The minimum absolute atomic E-state index is 0.0379. The lowest BCUT2D eigenvalue weighted by Crippen LogP contribution is -2.60. The number of hydrogen-bond donors (Lipinski definition) is 4. The Morgan fingerprint density at radius 1 is 0.917 bits per heavy atom. The molecular weight excluding hydrogens is 620 g/mol. The summed E-state index contributed by atoms with van der Waals surface area (Å²) in [6, 6.07) is 5.66. The summed E-state index contributed by atoms with van der Waals surface area (Å²) in [7, 11) is 3.10. The molecule has 1 saturated heterocycles. The summed E-state index contributed by atoms with van der Waals surface area (Å²) in [5, 5.41) is 9.98. The number of carbonyl (C=O) groups excluding carboxylic acids is 7. The van der Waals surface area contributed by atoms with Gasteiger partial charge in [-0.1, -0.05) is 65.0 Å². The molecule has 5 atom stereocenters. The number of hydrogen-bond acceptors (Lipinski definition) is 8. The third-order valence-corrected chi connectivity index (χ3v) is 8.75. The van der Waals surface area contributed by atoms with E-state index in [1.54, 1.807) is 86.0 Å². The van der Waals surface area contributed by atoms with Gasteiger partial charge >= 0.3 is 6.09 Å². The quantitative estimate of drug-likeness (QED) is 0.253. The van der Waals surface area contributed by atoms with Gasteiger partial charge in [0, 0.05) is 20.6 Å². The Kier molecular flexibility index (Phi) is 11.3. The number of ether oxygens (including phenoxy) is 1. The summed E-state index contributed by atoms with van der Waals surface area (Å²) in [5.41, 5.74) is -1.19. The van der Waals surface area contributed by atoms with E-state index in [1.807, 2.05) is 13.8 Å². The largest absolute Gasteiger partial charge is 0.444 e. The Morgan fingerprint density at radius 3 is 2.06 bits per heavy atom. The fourth-order valence-electron chi connectivity index (χ4n) is 6.07. The van der Waals surface area contributed by atoms with Gasteiger partial charge in [-0.3, -0.25) is 28.8 Å².